The van der Waals surface area contributed by atoms with Gasteiger partial charge in [0.1, 0.15) is 0 Å². The van der Waals surface area contributed by atoms with E-state index in [0.29, 0.717) is 6.42 Å². The molecule has 0 saturated carbocycles. The van der Waals surface area contributed by atoms with E-state index >= 15 is 0 Å². The first kappa shape index (κ1) is 17.1. The molecule has 0 aromatic rings. The van der Waals surface area contributed by atoms with Gasteiger partial charge in [0.15, 0.2) is 0 Å². The van der Waals surface area contributed by atoms with Crippen molar-refractivity contribution in [3.05, 3.63) is 0 Å². The molecule has 0 amide bonds. The van der Waals surface area contributed by atoms with E-state index in [-0.39, 0.29) is 59.1 Å². The summed E-state index contributed by atoms with van der Waals surface area (Å²) in [5.74, 6) is 0. The van der Waals surface area contributed by atoms with Crippen molar-refractivity contribution in [1.29, 1.82) is 0 Å². The van der Waals surface area contributed by atoms with E-state index in [0.717, 1.165) is 6.42 Å². The summed E-state index contributed by atoms with van der Waals surface area (Å²) < 4.78 is 0. The van der Waals surface area contributed by atoms with Gasteiger partial charge in [-0.1, -0.05) is 19.8 Å². The van der Waals surface area contributed by atoms with Crippen LogP contribution in [0.4, 0.5) is 0 Å². The Kier molecular flexibility index (Phi) is 24.0. The Hall–Kier alpha value is 1.92. The van der Waals surface area contributed by atoms with Crippen LogP contribution >= 0.6 is 0 Å². The average molecular weight is 148 g/mol. The monoisotopic (exact) mass is 148 g/mol. The summed E-state index contributed by atoms with van der Waals surface area (Å²) >= 11 is 0. The van der Waals surface area contributed by atoms with Crippen LogP contribution in [0.1, 0.15) is 19.8 Å². The van der Waals surface area contributed by atoms with Crippen LogP contribution in [0.15, 0.2) is 0 Å². The van der Waals surface area contributed by atoms with Gasteiger partial charge in [-0.25, -0.2) is 0 Å². The molecular formula is C5H10Na2O2. The molecule has 0 rings (SSSR count). The van der Waals surface area contributed by atoms with Crippen molar-refractivity contribution >= 4 is 0 Å². The number of hydrogen-bond donors (Lipinski definition) is 0. The minimum absolute atomic E-state index is 0. The molecule has 2 nitrogen and oxygen atoms in total. The fourth-order valence-corrected chi connectivity index (χ4v) is 0.405. The van der Waals surface area contributed by atoms with Crippen LogP contribution in [0.5, 0.6) is 0 Å². The molecular weight excluding hydrogens is 138 g/mol. The second-order valence-corrected chi connectivity index (χ2v) is 1.58. The van der Waals surface area contributed by atoms with Crippen molar-refractivity contribution in [3.63, 3.8) is 0 Å². The second kappa shape index (κ2) is 12.6. The molecule has 9 heavy (non-hydrogen) atoms. The van der Waals surface area contributed by atoms with Crippen LogP contribution in [0.25, 0.3) is 0 Å². The molecule has 0 saturated heterocycles. The van der Waals surface area contributed by atoms with Crippen molar-refractivity contribution in [2.75, 3.05) is 6.61 Å². The number of rotatable bonds is 3. The molecule has 0 bridgehead atoms. The van der Waals surface area contributed by atoms with Gasteiger partial charge in [0.25, 0.3) is 0 Å². The van der Waals surface area contributed by atoms with Crippen molar-refractivity contribution in [3.8, 4) is 0 Å². The molecule has 1 atom stereocenters. The standard InChI is InChI=1S/C5H10O2.2Na/c1-2-3-5(7)4-6;;/h5H,2-4H2,1H3;;/q-2;2*+1. The minimum Gasteiger partial charge on any atom is -0.855 e. The molecule has 4 heteroatoms. The molecule has 0 aromatic heterocycles. The van der Waals surface area contributed by atoms with Gasteiger partial charge < -0.3 is 10.2 Å². The summed E-state index contributed by atoms with van der Waals surface area (Å²) in [4.78, 5) is 0. The molecule has 1 unspecified atom stereocenters. The van der Waals surface area contributed by atoms with Crippen molar-refractivity contribution in [2.45, 2.75) is 25.9 Å². The molecule has 0 spiro atoms. The van der Waals surface area contributed by atoms with Gasteiger partial charge in [-0.15, -0.1) is 6.10 Å². The molecule has 0 heterocycles. The Morgan fingerprint density at radius 2 is 1.78 bits per heavy atom. The SMILES string of the molecule is CCCC([O-])C[O-].[Na+].[Na+]. The first-order chi connectivity index (χ1) is 3.31. The average Bonchev–Trinajstić information content (AvgIpc) is 1.68. The summed E-state index contributed by atoms with van der Waals surface area (Å²) in [6.45, 7) is 1.44. The van der Waals surface area contributed by atoms with Crippen molar-refractivity contribution in [1.82, 2.24) is 0 Å². The van der Waals surface area contributed by atoms with Gasteiger partial charge in [-0.2, -0.15) is 6.61 Å². The predicted molar refractivity (Wildman–Crippen MR) is 23.6 cm³/mol. The molecule has 0 aliphatic heterocycles. The smallest absolute Gasteiger partial charge is 0.855 e. The zero-order chi connectivity index (χ0) is 5.70. The van der Waals surface area contributed by atoms with Crippen LogP contribution in [0.3, 0.4) is 0 Å². The molecule has 0 aliphatic rings. The maximum atomic E-state index is 10.2. The van der Waals surface area contributed by atoms with E-state index in [2.05, 4.69) is 0 Å². The van der Waals surface area contributed by atoms with Gasteiger partial charge in [-0.05, 0) is 0 Å². The van der Waals surface area contributed by atoms with Crippen molar-refractivity contribution in [2.24, 2.45) is 0 Å². The summed E-state index contributed by atoms with van der Waals surface area (Å²) in [5, 5.41) is 19.9. The molecule has 0 N–H and O–H groups in total. The van der Waals surface area contributed by atoms with E-state index in [1.807, 2.05) is 6.92 Å². The number of hydrogen-bond acceptors (Lipinski definition) is 2. The first-order valence-electron chi connectivity index (χ1n) is 2.55. The Bertz CT molecular complexity index is 43.9. The maximum Gasteiger partial charge on any atom is 1.00 e. The zero-order valence-corrected chi connectivity index (χ0v) is 10.5. The van der Waals surface area contributed by atoms with Gasteiger partial charge >= 0.3 is 59.1 Å². The Morgan fingerprint density at radius 1 is 1.33 bits per heavy atom. The van der Waals surface area contributed by atoms with Gasteiger partial charge in [0.2, 0.25) is 0 Å². The Balaban J connectivity index is -0.000000180. The van der Waals surface area contributed by atoms with E-state index in [4.69, 9.17) is 0 Å². The topological polar surface area (TPSA) is 46.1 Å². The maximum absolute atomic E-state index is 10.2. The van der Waals surface area contributed by atoms with Crippen molar-refractivity contribution < 1.29 is 69.3 Å². The predicted octanol–water partition coefficient (Wildman–Crippen LogP) is -7.12. The first-order valence-corrected chi connectivity index (χ1v) is 2.55. The third-order valence-corrected chi connectivity index (χ3v) is 0.797. The normalized spacial score (nSPS) is 11.0. The molecule has 0 aromatic carbocycles. The van der Waals surface area contributed by atoms with E-state index in [9.17, 15) is 10.2 Å². The van der Waals surface area contributed by atoms with E-state index in [1.165, 1.54) is 0 Å². The van der Waals surface area contributed by atoms with Crippen LogP contribution in [0.2, 0.25) is 0 Å². The third-order valence-electron chi connectivity index (χ3n) is 0.797. The second-order valence-electron chi connectivity index (χ2n) is 1.58. The van der Waals surface area contributed by atoms with Crippen LogP contribution in [-0.2, 0) is 0 Å². The fourth-order valence-electron chi connectivity index (χ4n) is 0.405. The van der Waals surface area contributed by atoms with Crippen LogP contribution in [-0.4, -0.2) is 12.7 Å². The quantitative estimate of drug-likeness (QED) is 0.373. The van der Waals surface area contributed by atoms with Gasteiger partial charge in [0.05, 0.1) is 0 Å². The largest absolute Gasteiger partial charge is 1.00 e. The fraction of sp³-hybridized carbons (Fsp3) is 1.00. The summed E-state index contributed by atoms with van der Waals surface area (Å²) in [5.41, 5.74) is 0. The molecule has 0 radical (unpaired) electrons. The Labute approximate surface area is 101 Å². The van der Waals surface area contributed by atoms with Crippen LogP contribution < -0.4 is 69.3 Å². The summed E-state index contributed by atoms with van der Waals surface area (Å²) in [6, 6.07) is 0. The molecule has 0 fully saturated rings. The van der Waals surface area contributed by atoms with Gasteiger partial charge in [0, 0.05) is 0 Å². The summed E-state index contributed by atoms with van der Waals surface area (Å²) in [7, 11) is 0. The minimum atomic E-state index is -0.856. The van der Waals surface area contributed by atoms with Crippen LogP contribution in [0, 0.1) is 0 Å². The van der Waals surface area contributed by atoms with E-state index < -0.39 is 12.7 Å². The Morgan fingerprint density at radius 3 is 1.89 bits per heavy atom. The van der Waals surface area contributed by atoms with Gasteiger partial charge in [-0.3, -0.25) is 0 Å². The molecule has 0 aliphatic carbocycles. The third kappa shape index (κ3) is 13.0. The zero-order valence-electron chi connectivity index (χ0n) is 6.52. The van der Waals surface area contributed by atoms with E-state index in [1.54, 1.807) is 0 Å². The summed E-state index contributed by atoms with van der Waals surface area (Å²) in [6.07, 6.45) is 0.505. The molecule has 44 valence electrons.